The summed E-state index contributed by atoms with van der Waals surface area (Å²) in [7, 11) is 1.94. The molecule has 0 spiro atoms. The second kappa shape index (κ2) is 6.11. The lowest BCUT2D eigenvalue weighted by atomic mass is 10.2. The molecule has 0 fully saturated rings. The summed E-state index contributed by atoms with van der Waals surface area (Å²) < 4.78 is 15.6. The van der Waals surface area contributed by atoms with Gasteiger partial charge in [-0.25, -0.2) is 4.39 Å². The molecule has 1 aromatic carbocycles. The largest absolute Gasteiger partial charge is 0.312 e. The zero-order chi connectivity index (χ0) is 13.0. The molecule has 3 nitrogen and oxygen atoms in total. The lowest BCUT2D eigenvalue weighted by Gasteiger charge is -2.07. The molecule has 0 radical (unpaired) electrons. The van der Waals surface area contributed by atoms with Crippen LogP contribution in [-0.4, -0.2) is 16.3 Å². The standard InChI is InChI=1S/C13H15BrFN3/c1-18-12(5-7-17-18)4-6-16-9-10-2-3-11(15)8-13(10)14/h2-3,5,7-8,16H,4,6,9H2,1H3. The predicted octanol–water partition coefficient (Wildman–Crippen LogP) is 2.65. The van der Waals surface area contributed by atoms with Crippen molar-refractivity contribution in [2.24, 2.45) is 7.05 Å². The fourth-order valence-corrected chi connectivity index (χ4v) is 2.24. The first kappa shape index (κ1) is 13.2. The molecule has 0 aliphatic carbocycles. The number of aryl methyl sites for hydroxylation is 1. The molecule has 0 amide bonds. The summed E-state index contributed by atoms with van der Waals surface area (Å²) in [6.07, 6.45) is 2.72. The molecule has 2 rings (SSSR count). The van der Waals surface area contributed by atoms with E-state index in [1.54, 1.807) is 12.3 Å². The van der Waals surface area contributed by atoms with Gasteiger partial charge < -0.3 is 5.32 Å². The molecule has 0 unspecified atom stereocenters. The molecule has 96 valence electrons. The molecule has 1 N–H and O–H groups in total. The van der Waals surface area contributed by atoms with Crippen molar-refractivity contribution < 1.29 is 4.39 Å². The van der Waals surface area contributed by atoms with Crippen LogP contribution in [0.4, 0.5) is 4.39 Å². The van der Waals surface area contributed by atoms with E-state index < -0.39 is 0 Å². The maximum atomic E-state index is 12.9. The average molecular weight is 312 g/mol. The number of aromatic nitrogens is 2. The van der Waals surface area contributed by atoms with Crippen molar-refractivity contribution in [2.45, 2.75) is 13.0 Å². The Bertz CT molecular complexity index is 525. The second-order valence-corrected chi connectivity index (χ2v) is 4.96. The molecule has 0 aliphatic rings. The molecule has 1 aromatic heterocycles. The Morgan fingerprint density at radius 1 is 1.39 bits per heavy atom. The Hall–Kier alpha value is -1.20. The highest BCUT2D eigenvalue weighted by Gasteiger charge is 2.02. The minimum absolute atomic E-state index is 0.222. The third-order valence-electron chi connectivity index (χ3n) is 2.81. The van der Waals surface area contributed by atoms with Gasteiger partial charge in [0.05, 0.1) is 0 Å². The summed E-state index contributed by atoms with van der Waals surface area (Å²) in [6.45, 7) is 1.59. The van der Waals surface area contributed by atoms with Gasteiger partial charge in [-0.2, -0.15) is 5.10 Å². The van der Waals surface area contributed by atoms with Crippen molar-refractivity contribution in [3.8, 4) is 0 Å². The molecule has 0 saturated heterocycles. The number of hydrogen-bond donors (Lipinski definition) is 1. The van der Waals surface area contributed by atoms with E-state index in [9.17, 15) is 4.39 Å². The van der Waals surface area contributed by atoms with Gasteiger partial charge in [-0.05, 0) is 23.8 Å². The fourth-order valence-electron chi connectivity index (χ4n) is 1.75. The van der Waals surface area contributed by atoms with E-state index >= 15 is 0 Å². The molecule has 0 saturated carbocycles. The van der Waals surface area contributed by atoms with E-state index in [1.165, 1.54) is 17.8 Å². The van der Waals surface area contributed by atoms with Gasteiger partial charge >= 0.3 is 0 Å². The Balaban J connectivity index is 1.80. The van der Waals surface area contributed by atoms with Gasteiger partial charge in [0.2, 0.25) is 0 Å². The highest BCUT2D eigenvalue weighted by molar-refractivity contribution is 9.10. The Morgan fingerprint density at radius 3 is 2.89 bits per heavy atom. The zero-order valence-electron chi connectivity index (χ0n) is 10.2. The molecular weight excluding hydrogens is 297 g/mol. The second-order valence-electron chi connectivity index (χ2n) is 4.11. The van der Waals surface area contributed by atoms with E-state index in [-0.39, 0.29) is 5.82 Å². The lowest BCUT2D eigenvalue weighted by Crippen LogP contribution is -2.18. The summed E-state index contributed by atoms with van der Waals surface area (Å²) >= 11 is 3.36. The van der Waals surface area contributed by atoms with Gasteiger partial charge in [-0.1, -0.05) is 22.0 Å². The number of nitrogens with zero attached hydrogens (tertiary/aromatic N) is 2. The SMILES string of the molecule is Cn1nccc1CCNCc1ccc(F)cc1Br. The molecule has 0 bridgehead atoms. The zero-order valence-corrected chi connectivity index (χ0v) is 11.7. The van der Waals surface area contributed by atoms with Crippen molar-refractivity contribution in [1.82, 2.24) is 15.1 Å². The quantitative estimate of drug-likeness (QED) is 0.860. The number of benzene rings is 1. The Labute approximate surface area is 114 Å². The first-order valence-electron chi connectivity index (χ1n) is 5.78. The van der Waals surface area contributed by atoms with Gasteiger partial charge in [0.15, 0.2) is 0 Å². The van der Waals surface area contributed by atoms with E-state index in [4.69, 9.17) is 0 Å². The maximum absolute atomic E-state index is 12.9. The van der Waals surface area contributed by atoms with Crippen molar-refractivity contribution in [3.05, 3.63) is 52.0 Å². The third-order valence-corrected chi connectivity index (χ3v) is 3.55. The number of nitrogens with one attached hydrogen (secondary N) is 1. The predicted molar refractivity (Wildman–Crippen MR) is 72.7 cm³/mol. The van der Waals surface area contributed by atoms with E-state index in [0.29, 0.717) is 0 Å². The highest BCUT2D eigenvalue weighted by atomic mass is 79.9. The fraction of sp³-hybridized carbons (Fsp3) is 0.308. The van der Waals surface area contributed by atoms with Crippen LogP contribution < -0.4 is 5.32 Å². The summed E-state index contributed by atoms with van der Waals surface area (Å²) in [6, 6.07) is 6.76. The summed E-state index contributed by atoms with van der Waals surface area (Å²) in [5, 5.41) is 7.45. The van der Waals surface area contributed by atoms with Gasteiger partial charge in [-0.3, -0.25) is 4.68 Å². The van der Waals surface area contributed by atoms with Crippen molar-refractivity contribution in [2.75, 3.05) is 6.54 Å². The van der Waals surface area contributed by atoms with Crippen LogP contribution in [0.25, 0.3) is 0 Å². The van der Waals surface area contributed by atoms with Crippen LogP contribution in [0, 0.1) is 5.82 Å². The summed E-state index contributed by atoms with van der Waals surface area (Å²) in [4.78, 5) is 0. The topological polar surface area (TPSA) is 29.9 Å². The normalized spacial score (nSPS) is 10.8. The van der Waals surface area contributed by atoms with Crippen LogP contribution in [0.2, 0.25) is 0 Å². The number of halogens is 2. The van der Waals surface area contributed by atoms with Crippen LogP contribution in [0.15, 0.2) is 34.9 Å². The maximum Gasteiger partial charge on any atom is 0.124 e. The van der Waals surface area contributed by atoms with E-state index in [1.807, 2.05) is 17.8 Å². The van der Waals surface area contributed by atoms with Crippen molar-refractivity contribution in [1.29, 1.82) is 0 Å². The third kappa shape index (κ3) is 3.40. The van der Waals surface area contributed by atoms with Gasteiger partial charge in [0.1, 0.15) is 5.82 Å². The first-order valence-corrected chi connectivity index (χ1v) is 6.57. The monoisotopic (exact) mass is 311 g/mol. The van der Waals surface area contributed by atoms with Crippen LogP contribution in [0.1, 0.15) is 11.3 Å². The Kier molecular flexibility index (Phi) is 4.49. The molecule has 0 atom stereocenters. The van der Waals surface area contributed by atoms with Crippen LogP contribution >= 0.6 is 15.9 Å². The molecule has 0 aliphatic heterocycles. The van der Waals surface area contributed by atoms with Gasteiger partial charge in [0, 0.05) is 42.9 Å². The molecule has 2 aromatic rings. The minimum Gasteiger partial charge on any atom is -0.312 e. The first-order chi connectivity index (χ1) is 8.66. The smallest absolute Gasteiger partial charge is 0.124 e. The van der Waals surface area contributed by atoms with Crippen LogP contribution in [0.3, 0.4) is 0 Å². The van der Waals surface area contributed by atoms with Gasteiger partial charge in [-0.15, -0.1) is 0 Å². The number of hydrogen-bond acceptors (Lipinski definition) is 2. The van der Waals surface area contributed by atoms with Crippen LogP contribution in [0.5, 0.6) is 0 Å². The molecule has 18 heavy (non-hydrogen) atoms. The average Bonchev–Trinajstić information content (AvgIpc) is 2.73. The molecular formula is C13H15BrFN3. The molecule has 5 heteroatoms. The van der Waals surface area contributed by atoms with Gasteiger partial charge in [0.25, 0.3) is 0 Å². The lowest BCUT2D eigenvalue weighted by molar-refractivity contribution is 0.621. The summed E-state index contributed by atoms with van der Waals surface area (Å²) in [5.74, 6) is -0.222. The van der Waals surface area contributed by atoms with Crippen LogP contribution in [-0.2, 0) is 20.0 Å². The molecule has 1 heterocycles. The van der Waals surface area contributed by atoms with Crippen molar-refractivity contribution in [3.63, 3.8) is 0 Å². The summed E-state index contributed by atoms with van der Waals surface area (Å²) in [5.41, 5.74) is 2.25. The minimum atomic E-state index is -0.222. The van der Waals surface area contributed by atoms with E-state index in [2.05, 4.69) is 26.3 Å². The van der Waals surface area contributed by atoms with E-state index in [0.717, 1.165) is 29.5 Å². The Morgan fingerprint density at radius 2 is 2.22 bits per heavy atom. The van der Waals surface area contributed by atoms with Crippen molar-refractivity contribution >= 4 is 15.9 Å². The number of rotatable bonds is 5. The highest BCUT2D eigenvalue weighted by Crippen LogP contribution is 2.17.